The summed E-state index contributed by atoms with van der Waals surface area (Å²) in [6.07, 6.45) is 0. The van der Waals surface area contributed by atoms with E-state index in [4.69, 9.17) is 5.73 Å². The Hall–Kier alpha value is -2.11. The molecule has 2 amide bonds. The highest BCUT2D eigenvalue weighted by Gasteiger charge is 2.25. The van der Waals surface area contributed by atoms with Crippen LogP contribution in [0.4, 0.5) is 10.1 Å². The second kappa shape index (κ2) is 5.48. The number of hydrogen-bond acceptors (Lipinski definition) is 3. The van der Waals surface area contributed by atoms with Crippen LogP contribution in [-0.2, 0) is 4.79 Å². The lowest BCUT2D eigenvalue weighted by atomic mass is 10.1. The van der Waals surface area contributed by atoms with Crippen LogP contribution in [0.15, 0.2) is 12.1 Å². The largest absolute Gasteiger partial charge is 0.399 e. The molecule has 0 aromatic heterocycles. The molecule has 0 saturated carbocycles. The fourth-order valence-electron chi connectivity index (χ4n) is 2.35. The van der Waals surface area contributed by atoms with Gasteiger partial charge in [-0.25, -0.2) is 4.39 Å². The number of amides is 2. The molecule has 1 aliphatic heterocycles. The third kappa shape index (κ3) is 2.74. The number of aryl methyl sites for hydroxylation is 1. The van der Waals surface area contributed by atoms with Crippen molar-refractivity contribution in [1.82, 2.24) is 9.80 Å². The Kier molecular flexibility index (Phi) is 3.92. The molecule has 0 radical (unpaired) electrons. The average Bonchev–Trinajstić information content (AvgIpc) is 2.42. The van der Waals surface area contributed by atoms with E-state index in [-0.39, 0.29) is 17.4 Å². The van der Waals surface area contributed by atoms with Gasteiger partial charge in [0.1, 0.15) is 5.82 Å². The predicted molar refractivity (Wildman–Crippen MR) is 73.7 cm³/mol. The number of anilines is 1. The fourth-order valence-corrected chi connectivity index (χ4v) is 2.35. The Morgan fingerprint density at radius 1 is 1.15 bits per heavy atom. The van der Waals surface area contributed by atoms with Crippen molar-refractivity contribution in [3.63, 3.8) is 0 Å². The molecular weight excluding hydrogens is 261 g/mol. The maximum absolute atomic E-state index is 14.0. The van der Waals surface area contributed by atoms with Gasteiger partial charge in [-0.1, -0.05) is 0 Å². The molecule has 5 nitrogen and oxygen atoms in total. The average molecular weight is 279 g/mol. The van der Waals surface area contributed by atoms with Crippen molar-refractivity contribution >= 4 is 17.5 Å². The normalized spacial score (nSPS) is 15.3. The van der Waals surface area contributed by atoms with Crippen LogP contribution in [0.3, 0.4) is 0 Å². The molecule has 0 unspecified atom stereocenters. The van der Waals surface area contributed by atoms with E-state index < -0.39 is 5.82 Å². The number of nitrogens with zero attached hydrogens (tertiary/aromatic N) is 2. The van der Waals surface area contributed by atoms with E-state index >= 15 is 0 Å². The zero-order valence-electron chi connectivity index (χ0n) is 11.6. The summed E-state index contributed by atoms with van der Waals surface area (Å²) in [4.78, 5) is 26.8. The van der Waals surface area contributed by atoms with Gasteiger partial charge in [0.2, 0.25) is 5.91 Å². The Labute approximate surface area is 117 Å². The summed E-state index contributed by atoms with van der Waals surface area (Å²) in [5.41, 5.74) is 6.39. The summed E-state index contributed by atoms with van der Waals surface area (Å²) < 4.78 is 14.0. The first kappa shape index (κ1) is 14.3. The number of nitrogens with two attached hydrogens (primary N) is 1. The van der Waals surface area contributed by atoms with Gasteiger partial charge in [0.15, 0.2) is 0 Å². The van der Waals surface area contributed by atoms with Crippen LogP contribution in [0.5, 0.6) is 0 Å². The zero-order chi connectivity index (χ0) is 14.9. The van der Waals surface area contributed by atoms with E-state index in [1.165, 1.54) is 19.1 Å². The summed E-state index contributed by atoms with van der Waals surface area (Å²) in [6.45, 7) is 4.85. The third-order valence-electron chi connectivity index (χ3n) is 3.52. The number of nitrogen functional groups attached to an aromatic ring is 1. The smallest absolute Gasteiger partial charge is 0.257 e. The number of halogens is 1. The van der Waals surface area contributed by atoms with E-state index in [0.717, 1.165) is 0 Å². The first-order chi connectivity index (χ1) is 9.40. The van der Waals surface area contributed by atoms with Crippen molar-refractivity contribution in [2.24, 2.45) is 0 Å². The van der Waals surface area contributed by atoms with E-state index in [0.29, 0.717) is 37.4 Å². The molecule has 0 bridgehead atoms. The molecule has 1 aromatic carbocycles. The molecule has 2 rings (SSSR count). The summed E-state index contributed by atoms with van der Waals surface area (Å²) in [6, 6.07) is 2.86. The molecule has 2 N–H and O–H groups in total. The van der Waals surface area contributed by atoms with Gasteiger partial charge in [0.25, 0.3) is 5.91 Å². The van der Waals surface area contributed by atoms with Gasteiger partial charge in [0.05, 0.1) is 5.56 Å². The monoisotopic (exact) mass is 279 g/mol. The molecule has 0 spiro atoms. The first-order valence-corrected chi connectivity index (χ1v) is 6.50. The second-order valence-electron chi connectivity index (χ2n) is 5.00. The van der Waals surface area contributed by atoms with Gasteiger partial charge in [-0.15, -0.1) is 0 Å². The van der Waals surface area contributed by atoms with Crippen molar-refractivity contribution in [3.8, 4) is 0 Å². The summed E-state index contributed by atoms with van der Waals surface area (Å²) >= 11 is 0. The van der Waals surface area contributed by atoms with Gasteiger partial charge in [-0.2, -0.15) is 0 Å². The Bertz CT molecular complexity index is 552. The van der Waals surface area contributed by atoms with Crippen molar-refractivity contribution in [1.29, 1.82) is 0 Å². The highest BCUT2D eigenvalue weighted by molar-refractivity contribution is 5.95. The molecule has 1 saturated heterocycles. The van der Waals surface area contributed by atoms with Crippen molar-refractivity contribution in [2.45, 2.75) is 13.8 Å². The Balaban J connectivity index is 2.15. The van der Waals surface area contributed by atoms with Crippen LogP contribution < -0.4 is 5.73 Å². The molecular formula is C14H18FN3O2. The van der Waals surface area contributed by atoms with Gasteiger partial charge >= 0.3 is 0 Å². The number of rotatable bonds is 1. The van der Waals surface area contributed by atoms with Crippen LogP contribution in [0.2, 0.25) is 0 Å². The molecule has 108 valence electrons. The van der Waals surface area contributed by atoms with E-state index in [2.05, 4.69) is 0 Å². The summed E-state index contributed by atoms with van der Waals surface area (Å²) in [7, 11) is 0. The molecule has 1 aromatic rings. The number of benzene rings is 1. The minimum absolute atomic E-state index is 0.00113. The Morgan fingerprint density at radius 2 is 1.70 bits per heavy atom. The van der Waals surface area contributed by atoms with Crippen LogP contribution in [-0.4, -0.2) is 47.8 Å². The van der Waals surface area contributed by atoms with Gasteiger partial charge in [-0.3, -0.25) is 9.59 Å². The van der Waals surface area contributed by atoms with E-state index in [1.54, 1.807) is 16.7 Å². The maximum atomic E-state index is 14.0. The van der Waals surface area contributed by atoms with E-state index in [9.17, 15) is 14.0 Å². The first-order valence-electron chi connectivity index (χ1n) is 6.50. The predicted octanol–water partition coefficient (Wildman–Crippen LogP) is 1.02. The Morgan fingerprint density at radius 3 is 2.25 bits per heavy atom. The lowest BCUT2D eigenvalue weighted by molar-refractivity contribution is -0.130. The van der Waals surface area contributed by atoms with Crippen LogP contribution in [0.25, 0.3) is 0 Å². The minimum atomic E-state index is -0.529. The fraction of sp³-hybridized carbons (Fsp3) is 0.429. The molecule has 20 heavy (non-hydrogen) atoms. The molecule has 1 aliphatic rings. The number of carbonyl (C=O) groups is 2. The third-order valence-corrected chi connectivity index (χ3v) is 3.52. The topological polar surface area (TPSA) is 66.6 Å². The summed E-state index contributed by atoms with van der Waals surface area (Å²) in [5.74, 6) is -0.914. The maximum Gasteiger partial charge on any atom is 0.257 e. The van der Waals surface area contributed by atoms with Gasteiger partial charge in [-0.05, 0) is 24.6 Å². The second-order valence-corrected chi connectivity index (χ2v) is 5.00. The quantitative estimate of drug-likeness (QED) is 0.780. The number of carbonyl (C=O) groups excluding carboxylic acids is 2. The lowest BCUT2D eigenvalue weighted by Crippen LogP contribution is -2.50. The van der Waals surface area contributed by atoms with Crippen LogP contribution in [0, 0.1) is 12.7 Å². The molecule has 6 heteroatoms. The highest BCUT2D eigenvalue weighted by atomic mass is 19.1. The standard InChI is InChI=1S/C14H18FN3O2/c1-9-7-11(16)8-12(13(9)15)14(20)18-5-3-17(4-6-18)10(2)19/h7-8H,3-6,16H2,1-2H3. The number of hydrogen-bond donors (Lipinski definition) is 1. The SMILES string of the molecule is CC(=O)N1CCN(C(=O)c2cc(N)cc(C)c2F)CC1. The molecule has 1 fully saturated rings. The zero-order valence-corrected chi connectivity index (χ0v) is 11.6. The minimum Gasteiger partial charge on any atom is -0.399 e. The number of piperazine rings is 1. The highest BCUT2D eigenvalue weighted by Crippen LogP contribution is 2.19. The molecule has 0 aliphatic carbocycles. The van der Waals surface area contributed by atoms with Crippen LogP contribution >= 0.6 is 0 Å². The van der Waals surface area contributed by atoms with Crippen molar-refractivity contribution in [2.75, 3.05) is 31.9 Å². The van der Waals surface area contributed by atoms with E-state index in [1.807, 2.05) is 0 Å². The van der Waals surface area contributed by atoms with Gasteiger partial charge < -0.3 is 15.5 Å². The lowest BCUT2D eigenvalue weighted by Gasteiger charge is -2.34. The van der Waals surface area contributed by atoms with Crippen LogP contribution in [0.1, 0.15) is 22.8 Å². The van der Waals surface area contributed by atoms with Crippen molar-refractivity contribution < 1.29 is 14.0 Å². The van der Waals surface area contributed by atoms with Gasteiger partial charge in [0, 0.05) is 38.8 Å². The molecule has 1 heterocycles. The molecule has 0 atom stereocenters. The summed E-state index contributed by atoms with van der Waals surface area (Å²) in [5, 5.41) is 0. The van der Waals surface area contributed by atoms with Crippen molar-refractivity contribution in [3.05, 3.63) is 29.1 Å².